The highest BCUT2D eigenvalue weighted by atomic mass is 16.5. The van der Waals surface area contributed by atoms with E-state index < -0.39 is 6.10 Å². The van der Waals surface area contributed by atoms with E-state index in [-0.39, 0.29) is 0 Å². The lowest BCUT2D eigenvalue weighted by molar-refractivity contribution is 0.0993. The van der Waals surface area contributed by atoms with E-state index in [9.17, 15) is 5.11 Å². The monoisotopic (exact) mass is 289 g/mol. The van der Waals surface area contributed by atoms with Crippen LogP contribution in [-0.2, 0) is 0 Å². The molecule has 0 amide bonds. The van der Waals surface area contributed by atoms with Gasteiger partial charge < -0.3 is 15.2 Å². The van der Waals surface area contributed by atoms with E-state index in [0.717, 1.165) is 23.5 Å². The van der Waals surface area contributed by atoms with Crippen LogP contribution in [0.4, 0.5) is 0 Å². The third-order valence-electron chi connectivity index (χ3n) is 5.30. The molecular formula is C18H27NO2. The average molecular weight is 289 g/mol. The van der Waals surface area contributed by atoms with Crippen molar-refractivity contribution >= 4 is 0 Å². The number of hydrogen-bond acceptors (Lipinski definition) is 3. The lowest BCUT2D eigenvalue weighted by Gasteiger charge is -2.29. The molecule has 3 nitrogen and oxygen atoms in total. The predicted octanol–water partition coefficient (Wildman–Crippen LogP) is 2.84. The number of fused-ring (bicyclic) bond motifs is 2. The molecule has 1 aromatic rings. The second-order valence-corrected chi connectivity index (χ2v) is 6.81. The van der Waals surface area contributed by atoms with Crippen LogP contribution in [0.1, 0.15) is 32.6 Å². The lowest BCUT2D eigenvalue weighted by Crippen LogP contribution is -2.41. The first kappa shape index (κ1) is 14.9. The maximum Gasteiger partial charge on any atom is 0.119 e. The summed E-state index contributed by atoms with van der Waals surface area (Å²) in [5, 5.41) is 13.6. The zero-order valence-corrected chi connectivity index (χ0v) is 12.9. The van der Waals surface area contributed by atoms with Gasteiger partial charge in [0.25, 0.3) is 0 Å². The van der Waals surface area contributed by atoms with Crippen molar-refractivity contribution in [2.75, 3.05) is 13.2 Å². The number of para-hydroxylation sites is 1. The van der Waals surface area contributed by atoms with Gasteiger partial charge in [-0.2, -0.15) is 0 Å². The molecule has 5 atom stereocenters. The summed E-state index contributed by atoms with van der Waals surface area (Å²) in [5.41, 5.74) is 0. The summed E-state index contributed by atoms with van der Waals surface area (Å²) >= 11 is 0. The molecule has 3 heteroatoms. The minimum Gasteiger partial charge on any atom is -0.491 e. The van der Waals surface area contributed by atoms with Crippen LogP contribution in [-0.4, -0.2) is 30.4 Å². The van der Waals surface area contributed by atoms with Crippen molar-refractivity contribution in [3.8, 4) is 5.75 Å². The van der Waals surface area contributed by atoms with E-state index in [2.05, 4.69) is 12.2 Å². The van der Waals surface area contributed by atoms with Crippen LogP contribution in [0.25, 0.3) is 0 Å². The van der Waals surface area contributed by atoms with Crippen LogP contribution < -0.4 is 10.1 Å². The molecule has 21 heavy (non-hydrogen) atoms. The Bertz CT molecular complexity index is 436. The van der Waals surface area contributed by atoms with Crippen LogP contribution in [0, 0.1) is 17.8 Å². The number of benzene rings is 1. The quantitative estimate of drug-likeness (QED) is 0.811. The summed E-state index contributed by atoms with van der Waals surface area (Å²) in [4.78, 5) is 0. The van der Waals surface area contributed by atoms with Crippen molar-refractivity contribution in [2.45, 2.75) is 44.8 Å². The van der Waals surface area contributed by atoms with Gasteiger partial charge in [-0.1, -0.05) is 24.6 Å². The van der Waals surface area contributed by atoms with Gasteiger partial charge in [0.2, 0.25) is 0 Å². The van der Waals surface area contributed by atoms with E-state index >= 15 is 0 Å². The first-order valence-corrected chi connectivity index (χ1v) is 8.31. The molecule has 2 aliphatic rings. The number of aliphatic hydroxyl groups is 1. The van der Waals surface area contributed by atoms with Crippen LogP contribution in [0.5, 0.6) is 5.75 Å². The highest BCUT2D eigenvalue weighted by Gasteiger charge is 2.41. The van der Waals surface area contributed by atoms with Crippen molar-refractivity contribution in [1.29, 1.82) is 0 Å². The van der Waals surface area contributed by atoms with E-state index in [1.165, 1.54) is 25.7 Å². The average Bonchev–Trinajstić information content (AvgIpc) is 3.14. The summed E-state index contributed by atoms with van der Waals surface area (Å²) in [6.45, 7) is 3.23. The van der Waals surface area contributed by atoms with Crippen LogP contribution in [0.2, 0.25) is 0 Å². The summed E-state index contributed by atoms with van der Waals surface area (Å²) in [6, 6.07) is 10.2. The van der Waals surface area contributed by atoms with Crippen molar-refractivity contribution in [2.24, 2.45) is 17.8 Å². The zero-order chi connectivity index (χ0) is 14.7. The summed E-state index contributed by atoms with van der Waals surface area (Å²) < 4.78 is 5.58. The van der Waals surface area contributed by atoms with Crippen molar-refractivity contribution in [3.63, 3.8) is 0 Å². The van der Waals surface area contributed by atoms with Gasteiger partial charge in [-0.05, 0) is 56.1 Å². The summed E-state index contributed by atoms with van der Waals surface area (Å²) in [5.74, 6) is 3.54. The molecule has 0 aromatic heterocycles. The fourth-order valence-electron chi connectivity index (χ4n) is 4.15. The molecule has 1 aromatic carbocycles. The zero-order valence-electron chi connectivity index (χ0n) is 12.9. The molecule has 2 bridgehead atoms. The van der Waals surface area contributed by atoms with Gasteiger partial charge in [0.05, 0.1) is 0 Å². The third-order valence-corrected chi connectivity index (χ3v) is 5.30. The Labute approximate surface area is 127 Å². The smallest absolute Gasteiger partial charge is 0.119 e. The predicted molar refractivity (Wildman–Crippen MR) is 84.3 cm³/mol. The van der Waals surface area contributed by atoms with E-state index in [4.69, 9.17) is 4.74 Å². The van der Waals surface area contributed by atoms with Gasteiger partial charge >= 0.3 is 0 Å². The van der Waals surface area contributed by atoms with Gasteiger partial charge in [0, 0.05) is 12.6 Å². The summed E-state index contributed by atoms with van der Waals surface area (Å²) in [6.07, 6.45) is 5.24. The largest absolute Gasteiger partial charge is 0.491 e. The fourth-order valence-corrected chi connectivity index (χ4v) is 4.15. The van der Waals surface area contributed by atoms with E-state index in [0.29, 0.717) is 19.2 Å². The maximum absolute atomic E-state index is 10.0. The molecule has 0 radical (unpaired) electrons. The molecule has 2 N–H and O–H groups in total. The Hall–Kier alpha value is -1.06. The van der Waals surface area contributed by atoms with Gasteiger partial charge in [-0.25, -0.2) is 0 Å². The molecule has 3 rings (SSSR count). The second kappa shape index (κ2) is 6.80. The highest BCUT2D eigenvalue weighted by Crippen LogP contribution is 2.49. The number of ether oxygens (including phenoxy) is 1. The first-order valence-electron chi connectivity index (χ1n) is 8.31. The molecule has 0 spiro atoms. The molecule has 2 fully saturated rings. The Morgan fingerprint density at radius 3 is 2.71 bits per heavy atom. The fraction of sp³-hybridized carbons (Fsp3) is 0.667. The molecule has 116 valence electrons. The topological polar surface area (TPSA) is 41.5 Å². The Kier molecular flexibility index (Phi) is 4.81. The van der Waals surface area contributed by atoms with Gasteiger partial charge in [0.15, 0.2) is 0 Å². The maximum atomic E-state index is 10.0. The molecule has 2 aliphatic carbocycles. The van der Waals surface area contributed by atoms with Crippen molar-refractivity contribution < 1.29 is 9.84 Å². The van der Waals surface area contributed by atoms with Gasteiger partial charge in [-0.15, -0.1) is 0 Å². The highest BCUT2D eigenvalue weighted by molar-refractivity contribution is 5.20. The number of hydrogen-bond donors (Lipinski definition) is 2. The Balaban J connectivity index is 1.36. The number of nitrogens with one attached hydrogen (secondary N) is 1. The second-order valence-electron chi connectivity index (χ2n) is 6.81. The van der Waals surface area contributed by atoms with Crippen LogP contribution in [0.3, 0.4) is 0 Å². The molecule has 2 saturated carbocycles. The molecule has 0 heterocycles. The molecule has 5 unspecified atom stereocenters. The van der Waals surface area contributed by atoms with E-state index in [1.807, 2.05) is 30.3 Å². The number of rotatable bonds is 7. The summed E-state index contributed by atoms with van der Waals surface area (Å²) in [7, 11) is 0. The molecular weight excluding hydrogens is 262 g/mol. The number of aliphatic hydroxyl groups excluding tert-OH is 1. The van der Waals surface area contributed by atoms with Crippen molar-refractivity contribution in [1.82, 2.24) is 5.32 Å². The Morgan fingerprint density at radius 1 is 1.24 bits per heavy atom. The van der Waals surface area contributed by atoms with Gasteiger partial charge in [-0.3, -0.25) is 0 Å². The van der Waals surface area contributed by atoms with E-state index in [1.54, 1.807) is 0 Å². The van der Waals surface area contributed by atoms with Gasteiger partial charge in [0.1, 0.15) is 18.5 Å². The molecule has 0 aliphatic heterocycles. The first-order chi connectivity index (χ1) is 10.2. The van der Waals surface area contributed by atoms with Crippen LogP contribution >= 0.6 is 0 Å². The normalized spacial score (nSPS) is 30.3. The third kappa shape index (κ3) is 3.78. The van der Waals surface area contributed by atoms with Crippen LogP contribution in [0.15, 0.2) is 30.3 Å². The SMILES string of the molecule is CC(NCC(O)COc1ccccc1)C1CC2CCC1C2. The minimum atomic E-state index is -0.453. The molecule has 0 saturated heterocycles. The lowest BCUT2D eigenvalue weighted by atomic mass is 9.84. The minimum absolute atomic E-state index is 0.348. The van der Waals surface area contributed by atoms with Crippen molar-refractivity contribution in [3.05, 3.63) is 30.3 Å². The Morgan fingerprint density at radius 2 is 2.05 bits per heavy atom. The standard InChI is InChI=1S/C18H27NO2/c1-13(18-10-14-7-8-15(18)9-14)19-11-16(20)12-21-17-5-3-2-4-6-17/h2-6,13-16,18-20H,7-12H2,1H3.